The molecular formula is C25H27F4N3O5S. The van der Waals surface area contributed by atoms with Gasteiger partial charge in [-0.15, -0.1) is 0 Å². The first-order valence-corrected chi connectivity index (χ1v) is 13.8. The van der Waals surface area contributed by atoms with E-state index in [4.69, 9.17) is 0 Å². The fourth-order valence-electron chi connectivity index (χ4n) is 4.60. The predicted molar refractivity (Wildman–Crippen MR) is 132 cm³/mol. The van der Waals surface area contributed by atoms with Gasteiger partial charge < -0.3 is 4.74 Å². The molecule has 1 saturated heterocycles. The van der Waals surface area contributed by atoms with Crippen molar-refractivity contribution in [1.29, 1.82) is 0 Å². The lowest BCUT2D eigenvalue weighted by atomic mass is 9.78. The number of ether oxygens (including phenoxy) is 1. The molecule has 0 unspecified atom stereocenters. The quantitative estimate of drug-likeness (QED) is 0.292. The number of halogens is 4. The Morgan fingerprint density at radius 3 is 2.39 bits per heavy atom. The SMILES string of the molecule is CC(C)n1c(=O)n(-c2cc(OC(F)(F)C(F)F)ccn2)c2ccc(C(=O)CC3(C)CCS(=O)(=O)CC3)cc21. The van der Waals surface area contributed by atoms with E-state index in [2.05, 4.69) is 9.72 Å². The maximum atomic E-state index is 13.4. The van der Waals surface area contributed by atoms with Gasteiger partial charge in [0.25, 0.3) is 0 Å². The first kappa shape index (κ1) is 27.8. The summed E-state index contributed by atoms with van der Waals surface area (Å²) in [6.07, 6.45) is -6.83. The number of hydrogen-bond donors (Lipinski definition) is 0. The summed E-state index contributed by atoms with van der Waals surface area (Å²) in [6, 6.07) is 6.18. The number of rotatable bonds is 8. The molecule has 13 heteroatoms. The van der Waals surface area contributed by atoms with E-state index in [0.29, 0.717) is 29.4 Å². The van der Waals surface area contributed by atoms with Crippen molar-refractivity contribution in [3.63, 3.8) is 0 Å². The number of benzene rings is 1. The van der Waals surface area contributed by atoms with Crippen molar-refractivity contribution in [3.05, 3.63) is 52.6 Å². The van der Waals surface area contributed by atoms with Gasteiger partial charge in [0.1, 0.15) is 21.4 Å². The van der Waals surface area contributed by atoms with Gasteiger partial charge in [0.15, 0.2) is 5.78 Å². The van der Waals surface area contributed by atoms with Gasteiger partial charge >= 0.3 is 18.2 Å². The molecular weight excluding hydrogens is 530 g/mol. The molecule has 1 aliphatic heterocycles. The molecule has 1 aliphatic rings. The van der Waals surface area contributed by atoms with Crippen LogP contribution in [0.15, 0.2) is 41.3 Å². The van der Waals surface area contributed by atoms with E-state index in [1.165, 1.54) is 16.7 Å². The van der Waals surface area contributed by atoms with Crippen molar-refractivity contribution in [1.82, 2.24) is 14.1 Å². The summed E-state index contributed by atoms with van der Waals surface area (Å²) in [5.74, 6) is -0.870. The zero-order valence-corrected chi connectivity index (χ0v) is 21.8. The van der Waals surface area contributed by atoms with E-state index in [-0.39, 0.29) is 35.6 Å². The molecule has 8 nitrogen and oxygen atoms in total. The molecule has 3 heterocycles. The molecule has 0 radical (unpaired) electrons. The maximum absolute atomic E-state index is 13.4. The van der Waals surface area contributed by atoms with Crippen molar-refractivity contribution < 1.29 is 35.5 Å². The Bertz CT molecular complexity index is 1530. The summed E-state index contributed by atoms with van der Waals surface area (Å²) in [6.45, 7) is 5.38. The number of hydrogen-bond acceptors (Lipinski definition) is 6. The van der Waals surface area contributed by atoms with Crippen LogP contribution >= 0.6 is 0 Å². The number of aromatic nitrogens is 3. The Balaban J connectivity index is 1.73. The number of pyridine rings is 1. The topological polar surface area (TPSA) is 100 Å². The molecule has 0 spiro atoms. The smallest absolute Gasteiger partial charge is 0.428 e. The lowest BCUT2D eigenvalue weighted by Gasteiger charge is -2.32. The average molecular weight is 558 g/mol. The summed E-state index contributed by atoms with van der Waals surface area (Å²) < 4.78 is 82.4. The third kappa shape index (κ3) is 5.47. The van der Waals surface area contributed by atoms with Gasteiger partial charge in [-0.05, 0) is 56.4 Å². The van der Waals surface area contributed by atoms with Crippen molar-refractivity contribution in [2.75, 3.05) is 11.5 Å². The van der Waals surface area contributed by atoms with Gasteiger partial charge in [0, 0.05) is 30.3 Å². The molecule has 3 aromatic rings. The van der Waals surface area contributed by atoms with E-state index in [1.54, 1.807) is 19.9 Å². The van der Waals surface area contributed by atoms with E-state index >= 15 is 0 Å². The van der Waals surface area contributed by atoms with Gasteiger partial charge in [-0.1, -0.05) is 6.92 Å². The molecule has 206 valence electrons. The first-order valence-electron chi connectivity index (χ1n) is 11.9. The highest BCUT2D eigenvalue weighted by molar-refractivity contribution is 7.91. The number of carbonyl (C=O) groups is 1. The fraction of sp³-hybridized carbons (Fsp3) is 0.480. The highest BCUT2D eigenvalue weighted by atomic mass is 32.2. The Hall–Kier alpha value is -3.22. The van der Waals surface area contributed by atoms with Crippen LogP contribution in [0.1, 0.15) is 56.4 Å². The van der Waals surface area contributed by atoms with Crippen molar-refractivity contribution >= 4 is 26.7 Å². The second-order valence-electron chi connectivity index (χ2n) is 10.2. The van der Waals surface area contributed by atoms with E-state index in [0.717, 1.165) is 22.9 Å². The molecule has 1 fully saturated rings. The van der Waals surface area contributed by atoms with Crippen LogP contribution < -0.4 is 10.4 Å². The van der Waals surface area contributed by atoms with Gasteiger partial charge in [-0.25, -0.2) is 22.8 Å². The summed E-state index contributed by atoms with van der Waals surface area (Å²) in [4.78, 5) is 30.6. The number of nitrogens with zero attached hydrogens (tertiary/aromatic N) is 3. The second-order valence-corrected chi connectivity index (χ2v) is 12.5. The van der Waals surface area contributed by atoms with Crippen LogP contribution in [-0.4, -0.2) is 52.4 Å². The van der Waals surface area contributed by atoms with Crippen molar-refractivity contribution in [2.24, 2.45) is 5.41 Å². The lowest BCUT2D eigenvalue weighted by Crippen LogP contribution is -2.33. The van der Waals surface area contributed by atoms with Crippen LogP contribution in [0.5, 0.6) is 5.75 Å². The molecule has 0 amide bonds. The summed E-state index contributed by atoms with van der Waals surface area (Å²) in [5, 5.41) is 0. The van der Waals surface area contributed by atoms with Crippen LogP contribution in [0.2, 0.25) is 0 Å². The minimum atomic E-state index is -4.73. The summed E-state index contributed by atoms with van der Waals surface area (Å²) in [5.41, 5.74) is -0.000510. The first-order chi connectivity index (χ1) is 17.6. The molecule has 0 saturated carbocycles. The number of Topliss-reactive ketones (excluding diaryl/α,β-unsaturated/α-hetero) is 1. The molecule has 0 atom stereocenters. The lowest BCUT2D eigenvalue weighted by molar-refractivity contribution is -0.253. The summed E-state index contributed by atoms with van der Waals surface area (Å²) in [7, 11) is -3.09. The normalized spacial score (nSPS) is 17.3. The molecule has 4 rings (SSSR count). The largest absolute Gasteiger partial charge is 0.461 e. The van der Waals surface area contributed by atoms with E-state index < -0.39 is 39.2 Å². The summed E-state index contributed by atoms with van der Waals surface area (Å²) >= 11 is 0. The molecule has 38 heavy (non-hydrogen) atoms. The van der Waals surface area contributed by atoms with Crippen LogP contribution in [-0.2, 0) is 9.84 Å². The van der Waals surface area contributed by atoms with Gasteiger partial charge in [0.05, 0.1) is 22.5 Å². The van der Waals surface area contributed by atoms with Gasteiger partial charge in [-0.3, -0.25) is 9.36 Å². The van der Waals surface area contributed by atoms with E-state index in [9.17, 15) is 35.6 Å². The van der Waals surface area contributed by atoms with Crippen LogP contribution in [0.3, 0.4) is 0 Å². The zero-order valence-electron chi connectivity index (χ0n) is 21.0. The number of ketones is 1. The predicted octanol–water partition coefficient (Wildman–Crippen LogP) is 4.79. The third-order valence-corrected chi connectivity index (χ3v) is 8.44. The molecule has 0 N–H and O–H groups in total. The Labute approximate surface area is 216 Å². The zero-order chi connectivity index (χ0) is 28.0. The van der Waals surface area contributed by atoms with Gasteiger partial charge in [-0.2, -0.15) is 17.6 Å². The highest BCUT2D eigenvalue weighted by Gasteiger charge is 2.44. The van der Waals surface area contributed by atoms with Gasteiger partial charge in [0.2, 0.25) is 0 Å². The number of sulfone groups is 1. The maximum Gasteiger partial charge on any atom is 0.461 e. The number of fused-ring (bicyclic) bond motifs is 1. The second kappa shape index (κ2) is 9.83. The van der Waals surface area contributed by atoms with Crippen molar-refractivity contribution in [2.45, 2.75) is 58.6 Å². The number of carbonyl (C=O) groups excluding carboxylic acids is 1. The molecule has 0 bridgehead atoms. The molecule has 0 aliphatic carbocycles. The molecule has 1 aromatic carbocycles. The minimum absolute atomic E-state index is 0.0323. The average Bonchev–Trinajstić information content (AvgIpc) is 3.12. The minimum Gasteiger partial charge on any atom is -0.428 e. The standard InChI is InChI=1S/C25H27F4N3O5S/c1-15(2)31-19-12-16(20(33)14-24(3)7-10-38(35,36)11-8-24)4-5-18(19)32(23(31)34)21-13-17(6-9-30-21)37-25(28,29)22(26)27/h4-6,9,12-13,15,22H,7-8,10-11,14H2,1-3H3. The number of imidazole rings is 1. The van der Waals surface area contributed by atoms with Crippen LogP contribution in [0.4, 0.5) is 17.6 Å². The van der Waals surface area contributed by atoms with E-state index in [1.807, 2.05) is 6.92 Å². The van der Waals surface area contributed by atoms with Crippen LogP contribution in [0.25, 0.3) is 16.9 Å². The number of alkyl halides is 4. The third-order valence-electron chi connectivity index (χ3n) is 6.79. The fourth-order valence-corrected chi connectivity index (χ4v) is 6.41. The monoisotopic (exact) mass is 557 g/mol. The Morgan fingerprint density at radius 2 is 1.79 bits per heavy atom. The Kier molecular flexibility index (Phi) is 7.19. The highest BCUT2D eigenvalue weighted by Crippen LogP contribution is 2.37. The Morgan fingerprint density at radius 1 is 1.13 bits per heavy atom. The molecule has 2 aromatic heterocycles. The van der Waals surface area contributed by atoms with Crippen molar-refractivity contribution in [3.8, 4) is 11.6 Å². The van der Waals surface area contributed by atoms with Crippen LogP contribution in [0, 0.1) is 5.41 Å².